The standard InChI is InChI=1S/C21H32.C7H8/c1-7-8-9-10-11-17(2)18(3)20-14-12-19(13-15-20)16-21(4,5)6;1-7-5-3-2-4-6-7/h8-15,17-18H,7,16H2,1-6H3;2-6H,1H3/b9-8-,11-10-;. The summed E-state index contributed by atoms with van der Waals surface area (Å²) in [6.07, 6.45) is 11.1. The Labute approximate surface area is 174 Å². The molecule has 0 aliphatic rings. The van der Waals surface area contributed by atoms with Gasteiger partial charge >= 0.3 is 0 Å². The molecule has 0 spiro atoms. The number of rotatable bonds is 6. The summed E-state index contributed by atoms with van der Waals surface area (Å²) < 4.78 is 0. The first-order valence-electron chi connectivity index (χ1n) is 10.7. The van der Waals surface area contributed by atoms with Gasteiger partial charge in [0.2, 0.25) is 0 Å². The molecule has 2 rings (SSSR count). The lowest BCUT2D eigenvalue weighted by Gasteiger charge is -2.20. The van der Waals surface area contributed by atoms with Crippen LogP contribution in [0.4, 0.5) is 0 Å². The first-order chi connectivity index (χ1) is 13.2. The van der Waals surface area contributed by atoms with Crippen LogP contribution in [0, 0.1) is 18.3 Å². The van der Waals surface area contributed by atoms with E-state index in [-0.39, 0.29) is 0 Å². The van der Waals surface area contributed by atoms with Gasteiger partial charge in [0, 0.05) is 0 Å². The predicted molar refractivity (Wildman–Crippen MR) is 127 cm³/mol. The van der Waals surface area contributed by atoms with Gasteiger partial charge in [0.25, 0.3) is 0 Å². The molecule has 0 radical (unpaired) electrons. The summed E-state index contributed by atoms with van der Waals surface area (Å²) in [4.78, 5) is 0. The maximum absolute atomic E-state index is 2.32. The van der Waals surface area contributed by atoms with Crippen LogP contribution in [0.3, 0.4) is 0 Å². The minimum atomic E-state index is 0.356. The highest BCUT2D eigenvalue weighted by Crippen LogP contribution is 2.27. The third-order valence-electron chi connectivity index (χ3n) is 4.87. The third-order valence-corrected chi connectivity index (χ3v) is 4.87. The molecule has 0 heteroatoms. The van der Waals surface area contributed by atoms with E-state index >= 15 is 0 Å². The van der Waals surface area contributed by atoms with Crippen LogP contribution < -0.4 is 0 Å². The Balaban J connectivity index is 0.000000467. The zero-order valence-electron chi connectivity index (χ0n) is 19.1. The lowest BCUT2D eigenvalue weighted by molar-refractivity contribution is 0.411. The summed E-state index contributed by atoms with van der Waals surface area (Å²) >= 11 is 0. The molecule has 0 aliphatic carbocycles. The topological polar surface area (TPSA) is 0 Å². The predicted octanol–water partition coefficient (Wildman–Crippen LogP) is 8.53. The van der Waals surface area contributed by atoms with E-state index < -0.39 is 0 Å². The molecule has 0 aliphatic heterocycles. The largest absolute Gasteiger partial charge is 0.0848 e. The molecule has 0 saturated heterocycles. The fourth-order valence-electron chi connectivity index (χ4n) is 3.01. The van der Waals surface area contributed by atoms with Crippen LogP contribution in [0.15, 0.2) is 78.9 Å². The first kappa shape index (κ1) is 24.0. The Morgan fingerprint density at radius 3 is 1.93 bits per heavy atom. The van der Waals surface area contributed by atoms with Crippen LogP contribution in [0.2, 0.25) is 0 Å². The van der Waals surface area contributed by atoms with Gasteiger partial charge in [0.15, 0.2) is 0 Å². The molecule has 0 heterocycles. The molecule has 152 valence electrons. The summed E-state index contributed by atoms with van der Waals surface area (Å²) in [5.41, 5.74) is 4.55. The van der Waals surface area contributed by atoms with Gasteiger partial charge in [-0.25, -0.2) is 0 Å². The lowest BCUT2D eigenvalue weighted by atomic mass is 9.85. The average molecular weight is 377 g/mol. The number of hydrogen-bond donors (Lipinski definition) is 0. The van der Waals surface area contributed by atoms with Gasteiger partial charge in [-0.1, -0.05) is 126 Å². The molecule has 0 N–H and O–H groups in total. The van der Waals surface area contributed by atoms with Crippen molar-refractivity contribution in [2.24, 2.45) is 11.3 Å². The molecular formula is C28H40. The molecule has 0 aromatic heterocycles. The molecule has 28 heavy (non-hydrogen) atoms. The molecule has 0 bridgehead atoms. The van der Waals surface area contributed by atoms with E-state index in [0.717, 1.165) is 12.8 Å². The molecule has 0 nitrogen and oxygen atoms in total. The van der Waals surface area contributed by atoms with E-state index in [9.17, 15) is 0 Å². The monoisotopic (exact) mass is 376 g/mol. The molecular weight excluding hydrogens is 336 g/mol. The second kappa shape index (κ2) is 12.4. The van der Waals surface area contributed by atoms with Crippen molar-refractivity contribution in [2.75, 3.05) is 0 Å². The van der Waals surface area contributed by atoms with E-state index in [4.69, 9.17) is 0 Å². The maximum atomic E-state index is 2.32. The molecule has 2 atom stereocenters. The van der Waals surface area contributed by atoms with Gasteiger partial charge in [-0.2, -0.15) is 0 Å². The Bertz CT molecular complexity index is 696. The molecule has 0 fully saturated rings. The van der Waals surface area contributed by atoms with Crippen LogP contribution in [0.1, 0.15) is 70.6 Å². The first-order valence-corrected chi connectivity index (χ1v) is 10.7. The number of allylic oxidation sites excluding steroid dienone is 4. The SMILES string of the molecule is CC/C=C\C=C/C(C)C(C)c1ccc(CC(C)(C)C)cc1.Cc1ccccc1. The van der Waals surface area contributed by atoms with Crippen molar-refractivity contribution in [1.82, 2.24) is 0 Å². The molecule has 0 amide bonds. The summed E-state index contributed by atoms with van der Waals surface area (Å²) in [5, 5.41) is 0. The average Bonchev–Trinajstić information content (AvgIpc) is 2.65. The van der Waals surface area contributed by atoms with Crippen LogP contribution in [0.25, 0.3) is 0 Å². The second-order valence-corrected chi connectivity index (χ2v) is 9.00. The Hall–Kier alpha value is -2.08. The van der Waals surface area contributed by atoms with E-state index in [1.807, 2.05) is 18.2 Å². The number of benzene rings is 2. The highest BCUT2D eigenvalue weighted by atomic mass is 14.2. The minimum Gasteiger partial charge on any atom is -0.0848 e. The van der Waals surface area contributed by atoms with Gasteiger partial charge in [-0.05, 0) is 48.1 Å². The normalized spacial score (nSPS) is 14.0. The van der Waals surface area contributed by atoms with Crippen molar-refractivity contribution in [2.45, 2.75) is 67.2 Å². The lowest BCUT2D eigenvalue weighted by Crippen LogP contribution is -2.09. The molecule has 2 unspecified atom stereocenters. The third kappa shape index (κ3) is 10.3. The highest BCUT2D eigenvalue weighted by molar-refractivity contribution is 5.27. The van der Waals surface area contributed by atoms with Crippen LogP contribution >= 0.6 is 0 Å². The van der Waals surface area contributed by atoms with Crippen LogP contribution in [-0.2, 0) is 6.42 Å². The minimum absolute atomic E-state index is 0.356. The maximum Gasteiger partial charge on any atom is -0.0130 e. The highest BCUT2D eigenvalue weighted by Gasteiger charge is 2.14. The summed E-state index contributed by atoms with van der Waals surface area (Å²) in [6, 6.07) is 19.5. The van der Waals surface area contributed by atoms with Crippen molar-refractivity contribution >= 4 is 0 Å². The second-order valence-electron chi connectivity index (χ2n) is 9.00. The van der Waals surface area contributed by atoms with Gasteiger partial charge in [-0.3, -0.25) is 0 Å². The molecule has 2 aromatic rings. The summed E-state index contributed by atoms with van der Waals surface area (Å²) in [7, 11) is 0. The van der Waals surface area contributed by atoms with Gasteiger partial charge < -0.3 is 0 Å². The zero-order chi connectivity index (χ0) is 21.0. The quantitative estimate of drug-likeness (QED) is 0.443. The van der Waals surface area contributed by atoms with Crippen molar-refractivity contribution in [1.29, 1.82) is 0 Å². The van der Waals surface area contributed by atoms with Gasteiger partial charge in [0.05, 0.1) is 0 Å². The Morgan fingerprint density at radius 1 is 0.857 bits per heavy atom. The van der Waals surface area contributed by atoms with Gasteiger partial charge in [-0.15, -0.1) is 0 Å². The van der Waals surface area contributed by atoms with Crippen molar-refractivity contribution < 1.29 is 0 Å². The number of aryl methyl sites for hydroxylation is 1. The van der Waals surface area contributed by atoms with E-state index in [0.29, 0.717) is 17.3 Å². The zero-order valence-corrected chi connectivity index (χ0v) is 19.1. The Kier molecular flexibility index (Phi) is 10.6. The van der Waals surface area contributed by atoms with E-state index in [1.54, 1.807) is 0 Å². The molecule has 2 aromatic carbocycles. The van der Waals surface area contributed by atoms with Crippen molar-refractivity contribution in [3.05, 3.63) is 95.6 Å². The fraction of sp³-hybridized carbons (Fsp3) is 0.429. The number of hydrogen-bond acceptors (Lipinski definition) is 0. The summed E-state index contributed by atoms with van der Waals surface area (Å²) in [5.74, 6) is 1.11. The smallest absolute Gasteiger partial charge is 0.0130 e. The van der Waals surface area contributed by atoms with Gasteiger partial charge in [0.1, 0.15) is 0 Å². The van der Waals surface area contributed by atoms with Crippen LogP contribution in [-0.4, -0.2) is 0 Å². The summed E-state index contributed by atoms with van der Waals surface area (Å²) in [6.45, 7) is 15.7. The van der Waals surface area contributed by atoms with Crippen molar-refractivity contribution in [3.8, 4) is 0 Å². The molecule has 0 saturated carbocycles. The van der Waals surface area contributed by atoms with E-state index in [1.165, 1.54) is 16.7 Å². The fourth-order valence-corrected chi connectivity index (χ4v) is 3.01. The van der Waals surface area contributed by atoms with Crippen LogP contribution in [0.5, 0.6) is 0 Å². The van der Waals surface area contributed by atoms with Crippen molar-refractivity contribution in [3.63, 3.8) is 0 Å². The van der Waals surface area contributed by atoms with E-state index in [2.05, 4.69) is 109 Å². The Morgan fingerprint density at radius 2 is 1.46 bits per heavy atom.